The molecule has 3 heteroatoms. The van der Waals surface area contributed by atoms with E-state index in [9.17, 15) is 4.39 Å². The van der Waals surface area contributed by atoms with Crippen LogP contribution >= 0.6 is 0 Å². The monoisotopic (exact) mass is 266 g/mol. The van der Waals surface area contributed by atoms with E-state index in [4.69, 9.17) is 0 Å². The van der Waals surface area contributed by atoms with E-state index in [0.29, 0.717) is 6.04 Å². The van der Waals surface area contributed by atoms with E-state index in [1.54, 1.807) is 0 Å². The van der Waals surface area contributed by atoms with Crippen molar-refractivity contribution >= 4 is 0 Å². The van der Waals surface area contributed by atoms with Gasteiger partial charge in [0.05, 0.1) is 0 Å². The molecule has 0 heterocycles. The average Bonchev–Trinajstić information content (AvgIpc) is 2.36. The van der Waals surface area contributed by atoms with Crippen molar-refractivity contribution < 1.29 is 4.39 Å². The van der Waals surface area contributed by atoms with Gasteiger partial charge in [0.2, 0.25) is 0 Å². The zero-order valence-electron chi connectivity index (χ0n) is 12.5. The summed E-state index contributed by atoms with van der Waals surface area (Å²) >= 11 is 0. The van der Waals surface area contributed by atoms with Crippen molar-refractivity contribution in [3.8, 4) is 0 Å². The maximum Gasteiger partial charge on any atom is 0.123 e. The van der Waals surface area contributed by atoms with Crippen LogP contribution in [0.1, 0.15) is 38.7 Å². The Kier molecular flexibility index (Phi) is 7.68. The van der Waals surface area contributed by atoms with Crippen molar-refractivity contribution in [3.63, 3.8) is 0 Å². The lowest BCUT2D eigenvalue weighted by molar-refractivity contribution is 0.316. The minimum absolute atomic E-state index is 0.163. The topological polar surface area (TPSA) is 15.3 Å². The maximum atomic E-state index is 12.8. The molecule has 19 heavy (non-hydrogen) atoms. The van der Waals surface area contributed by atoms with Gasteiger partial charge in [0, 0.05) is 12.6 Å². The van der Waals surface area contributed by atoms with E-state index >= 15 is 0 Å². The number of unbranched alkanes of at least 4 members (excludes halogenated alkanes) is 2. The highest BCUT2D eigenvalue weighted by atomic mass is 19.1. The summed E-state index contributed by atoms with van der Waals surface area (Å²) in [5.74, 6) is -0.163. The van der Waals surface area contributed by atoms with Crippen LogP contribution in [0.5, 0.6) is 0 Å². The molecule has 0 saturated carbocycles. The standard InChI is InChI=1S/C16H27FN2/c1-14(2)18-11-5-4-6-12-19(3)13-15-7-9-16(17)10-8-15/h7-10,14,18H,4-6,11-13H2,1-3H3. The first-order valence-electron chi connectivity index (χ1n) is 7.24. The molecule has 0 radical (unpaired) electrons. The van der Waals surface area contributed by atoms with Gasteiger partial charge in [-0.3, -0.25) is 0 Å². The quantitative estimate of drug-likeness (QED) is 0.689. The van der Waals surface area contributed by atoms with Crippen LogP contribution in [0.3, 0.4) is 0 Å². The third kappa shape index (κ3) is 7.96. The van der Waals surface area contributed by atoms with Crippen molar-refractivity contribution in [2.45, 2.75) is 45.7 Å². The highest BCUT2D eigenvalue weighted by molar-refractivity contribution is 5.15. The van der Waals surface area contributed by atoms with Crippen LogP contribution in [0.15, 0.2) is 24.3 Å². The highest BCUT2D eigenvalue weighted by Gasteiger charge is 2.01. The normalized spacial score (nSPS) is 11.5. The van der Waals surface area contributed by atoms with Gasteiger partial charge in [0.25, 0.3) is 0 Å². The molecule has 1 N–H and O–H groups in total. The van der Waals surface area contributed by atoms with Crippen LogP contribution < -0.4 is 5.32 Å². The fraction of sp³-hybridized carbons (Fsp3) is 0.625. The second-order valence-electron chi connectivity index (χ2n) is 5.53. The van der Waals surface area contributed by atoms with E-state index in [1.807, 2.05) is 12.1 Å². The van der Waals surface area contributed by atoms with E-state index in [1.165, 1.54) is 37.0 Å². The predicted molar refractivity (Wildman–Crippen MR) is 79.7 cm³/mol. The Morgan fingerprint density at radius 1 is 1.11 bits per heavy atom. The van der Waals surface area contributed by atoms with Crippen LogP contribution in [0.25, 0.3) is 0 Å². The van der Waals surface area contributed by atoms with Gasteiger partial charge >= 0.3 is 0 Å². The highest BCUT2D eigenvalue weighted by Crippen LogP contribution is 2.06. The zero-order chi connectivity index (χ0) is 14.1. The number of hydrogen-bond acceptors (Lipinski definition) is 2. The Bertz CT molecular complexity index is 335. The van der Waals surface area contributed by atoms with Gasteiger partial charge < -0.3 is 10.2 Å². The molecule has 0 bridgehead atoms. The number of hydrogen-bond donors (Lipinski definition) is 1. The summed E-state index contributed by atoms with van der Waals surface area (Å²) in [5.41, 5.74) is 1.17. The van der Waals surface area contributed by atoms with Crippen molar-refractivity contribution in [1.29, 1.82) is 0 Å². The second kappa shape index (κ2) is 9.05. The lowest BCUT2D eigenvalue weighted by Crippen LogP contribution is -2.24. The molecule has 0 aromatic heterocycles. The van der Waals surface area contributed by atoms with Crippen molar-refractivity contribution in [2.75, 3.05) is 20.1 Å². The molecular formula is C16H27FN2. The molecule has 1 rings (SSSR count). The summed E-state index contributed by atoms with van der Waals surface area (Å²) in [5, 5.41) is 3.43. The molecule has 1 aromatic rings. The largest absolute Gasteiger partial charge is 0.315 e. The Hall–Kier alpha value is -0.930. The first-order valence-corrected chi connectivity index (χ1v) is 7.24. The SMILES string of the molecule is CC(C)NCCCCCN(C)Cc1ccc(F)cc1. The smallest absolute Gasteiger partial charge is 0.123 e. The molecule has 0 aliphatic carbocycles. The fourth-order valence-electron chi connectivity index (χ4n) is 2.05. The number of nitrogens with one attached hydrogen (secondary N) is 1. The average molecular weight is 266 g/mol. The molecule has 0 spiro atoms. The van der Waals surface area contributed by atoms with E-state index in [-0.39, 0.29) is 5.82 Å². The molecule has 0 fully saturated rings. The summed E-state index contributed by atoms with van der Waals surface area (Å²) in [7, 11) is 2.12. The van der Waals surface area contributed by atoms with Crippen LogP contribution in [0.4, 0.5) is 4.39 Å². The Balaban J connectivity index is 2.08. The van der Waals surface area contributed by atoms with Crippen LogP contribution in [-0.2, 0) is 6.54 Å². The molecule has 0 atom stereocenters. The Morgan fingerprint density at radius 3 is 2.42 bits per heavy atom. The molecule has 0 aliphatic rings. The van der Waals surface area contributed by atoms with Gasteiger partial charge in [0.1, 0.15) is 5.82 Å². The van der Waals surface area contributed by atoms with E-state index in [0.717, 1.165) is 19.6 Å². The molecule has 108 valence electrons. The zero-order valence-corrected chi connectivity index (χ0v) is 12.5. The lowest BCUT2D eigenvalue weighted by Gasteiger charge is -2.16. The van der Waals surface area contributed by atoms with Crippen molar-refractivity contribution in [3.05, 3.63) is 35.6 Å². The molecule has 0 unspecified atom stereocenters. The molecule has 2 nitrogen and oxygen atoms in total. The van der Waals surface area contributed by atoms with Gasteiger partial charge in [-0.15, -0.1) is 0 Å². The maximum absolute atomic E-state index is 12.8. The van der Waals surface area contributed by atoms with E-state index < -0.39 is 0 Å². The van der Waals surface area contributed by atoms with Crippen LogP contribution in [0, 0.1) is 5.82 Å². The fourth-order valence-corrected chi connectivity index (χ4v) is 2.05. The number of rotatable bonds is 9. The molecule has 1 aromatic carbocycles. The summed E-state index contributed by atoms with van der Waals surface area (Å²) < 4.78 is 12.8. The number of nitrogens with zero attached hydrogens (tertiary/aromatic N) is 1. The second-order valence-corrected chi connectivity index (χ2v) is 5.53. The number of halogens is 1. The minimum Gasteiger partial charge on any atom is -0.315 e. The van der Waals surface area contributed by atoms with Crippen LogP contribution in [-0.4, -0.2) is 31.1 Å². The summed E-state index contributed by atoms with van der Waals surface area (Å²) in [6.07, 6.45) is 3.72. The van der Waals surface area contributed by atoms with E-state index in [2.05, 4.69) is 31.1 Å². The number of benzene rings is 1. The van der Waals surface area contributed by atoms with Gasteiger partial charge in [-0.2, -0.15) is 0 Å². The molecular weight excluding hydrogens is 239 g/mol. The first kappa shape index (κ1) is 16.1. The van der Waals surface area contributed by atoms with Gasteiger partial charge in [0.15, 0.2) is 0 Å². The third-order valence-electron chi connectivity index (χ3n) is 3.13. The van der Waals surface area contributed by atoms with Crippen LogP contribution in [0.2, 0.25) is 0 Å². The lowest BCUT2D eigenvalue weighted by atomic mass is 10.2. The van der Waals surface area contributed by atoms with Crippen molar-refractivity contribution in [1.82, 2.24) is 10.2 Å². The third-order valence-corrected chi connectivity index (χ3v) is 3.13. The molecule has 0 saturated heterocycles. The first-order chi connectivity index (χ1) is 9.08. The summed E-state index contributed by atoms with van der Waals surface area (Å²) in [6.45, 7) is 7.45. The summed E-state index contributed by atoms with van der Waals surface area (Å²) in [6, 6.07) is 7.36. The van der Waals surface area contributed by atoms with Gasteiger partial charge in [-0.25, -0.2) is 4.39 Å². The predicted octanol–water partition coefficient (Wildman–Crippen LogP) is 3.43. The minimum atomic E-state index is -0.163. The molecule has 0 aliphatic heterocycles. The Labute approximate surface area is 117 Å². The van der Waals surface area contributed by atoms with Crippen molar-refractivity contribution in [2.24, 2.45) is 0 Å². The van der Waals surface area contributed by atoms with Gasteiger partial charge in [-0.05, 0) is 50.7 Å². The molecule has 0 amide bonds. The Morgan fingerprint density at radius 2 is 1.79 bits per heavy atom. The van der Waals surface area contributed by atoms with Gasteiger partial charge in [-0.1, -0.05) is 32.4 Å². The summed E-state index contributed by atoms with van der Waals surface area (Å²) in [4.78, 5) is 2.29.